The van der Waals surface area contributed by atoms with E-state index in [4.69, 9.17) is 0 Å². The third-order valence-electron chi connectivity index (χ3n) is 2.75. The number of hydrogen-bond donors (Lipinski definition) is 2. The predicted molar refractivity (Wildman–Crippen MR) is 90.2 cm³/mol. The van der Waals surface area contributed by atoms with E-state index in [-0.39, 0.29) is 6.04 Å². The predicted octanol–water partition coefficient (Wildman–Crippen LogP) is 2.64. The minimum atomic E-state index is -0.510. The fourth-order valence-corrected chi connectivity index (χ4v) is 4.14. The summed E-state index contributed by atoms with van der Waals surface area (Å²) in [5.74, 6) is 0.471. The molecule has 0 saturated heterocycles. The van der Waals surface area contributed by atoms with Crippen molar-refractivity contribution in [1.29, 1.82) is 0 Å². The van der Waals surface area contributed by atoms with Crippen LogP contribution in [0, 0.1) is 7.14 Å². The van der Waals surface area contributed by atoms with Crippen molar-refractivity contribution in [1.82, 2.24) is 10.6 Å². The van der Waals surface area contributed by atoms with E-state index in [1.807, 2.05) is 6.07 Å². The van der Waals surface area contributed by atoms with Gasteiger partial charge >= 0.3 is 6.09 Å². The molecule has 19 heavy (non-hydrogen) atoms. The SMILES string of the molecule is COC(=O)NC1=NCCC(c2c(I)cccc2I)N1. The third-order valence-corrected chi connectivity index (χ3v) is 4.63. The first-order valence-electron chi connectivity index (χ1n) is 5.71. The number of ether oxygens (including phenoxy) is 1. The number of halogens is 2. The monoisotopic (exact) mass is 485 g/mol. The number of methoxy groups -OCH3 is 1. The zero-order chi connectivity index (χ0) is 13.8. The molecule has 1 atom stereocenters. The molecule has 1 aromatic carbocycles. The van der Waals surface area contributed by atoms with E-state index in [2.05, 4.69) is 77.7 Å². The molecular formula is C12H13I2N3O2. The molecule has 102 valence electrons. The Labute approximate surface area is 138 Å². The molecule has 5 nitrogen and oxygen atoms in total. The van der Waals surface area contributed by atoms with Crippen molar-refractivity contribution in [2.45, 2.75) is 12.5 Å². The number of carbonyl (C=O) groups excluding carboxylic acids is 1. The fourth-order valence-electron chi connectivity index (χ4n) is 1.87. The van der Waals surface area contributed by atoms with Gasteiger partial charge in [-0.2, -0.15) is 0 Å². The van der Waals surface area contributed by atoms with Crippen LogP contribution < -0.4 is 10.6 Å². The van der Waals surface area contributed by atoms with Crippen LogP contribution >= 0.6 is 45.2 Å². The summed E-state index contributed by atoms with van der Waals surface area (Å²) in [6.45, 7) is 0.679. The summed E-state index contributed by atoms with van der Waals surface area (Å²) >= 11 is 4.66. The maximum atomic E-state index is 11.2. The molecule has 0 radical (unpaired) electrons. The highest BCUT2D eigenvalue weighted by Crippen LogP contribution is 2.28. The number of aliphatic imine (C=N–C) groups is 1. The van der Waals surface area contributed by atoms with Gasteiger partial charge in [0.25, 0.3) is 0 Å². The summed E-state index contributed by atoms with van der Waals surface area (Å²) in [5.41, 5.74) is 1.25. The molecule has 1 amide bonds. The Morgan fingerprint density at radius 3 is 2.79 bits per heavy atom. The highest BCUT2D eigenvalue weighted by Gasteiger charge is 2.22. The highest BCUT2D eigenvalue weighted by molar-refractivity contribution is 14.1. The highest BCUT2D eigenvalue weighted by atomic mass is 127. The molecule has 0 bridgehead atoms. The summed E-state index contributed by atoms with van der Waals surface area (Å²) in [6.07, 6.45) is 0.395. The van der Waals surface area contributed by atoms with Gasteiger partial charge in [0, 0.05) is 19.2 Å². The van der Waals surface area contributed by atoms with Crippen molar-refractivity contribution < 1.29 is 9.53 Å². The van der Waals surface area contributed by atoms with Gasteiger partial charge in [0.15, 0.2) is 0 Å². The largest absolute Gasteiger partial charge is 0.453 e. The number of guanidine groups is 1. The van der Waals surface area contributed by atoms with Crippen molar-refractivity contribution in [2.24, 2.45) is 4.99 Å². The van der Waals surface area contributed by atoms with E-state index < -0.39 is 6.09 Å². The molecule has 1 aliphatic heterocycles. The Hall–Kier alpha value is -0.580. The van der Waals surface area contributed by atoms with E-state index >= 15 is 0 Å². The van der Waals surface area contributed by atoms with Gasteiger partial charge in [-0.1, -0.05) is 6.07 Å². The molecule has 0 aliphatic carbocycles. The first-order chi connectivity index (χ1) is 9.11. The lowest BCUT2D eigenvalue weighted by molar-refractivity contribution is 0.176. The number of benzene rings is 1. The lowest BCUT2D eigenvalue weighted by Gasteiger charge is -2.26. The molecule has 1 unspecified atom stereocenters. The molecule has 0 saturated carbocycles. The second-order valence-electron chi connectivity index (χ2n) is 3.97. The normalized spacial score (nSPS) is 18.3. The number of amides is 1. The summed E-state index contributed by atoms with van der Waals surface area (Å²) in [7, 11) is 1.33. The second kappa shape index (κ2) is 6.73. The van der Waals surface area contributed by atoms with Crippen LogP contribution in [-0.2, 0) is 4.74 Å². The van der Waals surface area contributed by atoms with Crippen LogP contribution in [0.4, 0.5) is 4.79 Å². The summed E-state index contributed by atoms with van der Waals surface area (Å²) < 4.78 is 6.99. The van der Waals surface area contributed by atoms with Gasteiger partial charge < -0.3 is 10.1 Å². The minimum absolute atomic E-state index is 0.157. The van der Waals surface area contributed by atoms with Crippen molar-refractivity contribution in [3.63, 3.8) is 0 Å². The van der Waals surface area contributed by atoms with E-state index in [0.29, 0.717) is 12.5 Å². The third kappa shape index (κ3) is 3.71. The Bertz CT molecular complexity index is 499. The van der Waals surface area contributed by atoms with Gasteiger partial charge in [-0.05, 0) is 63.7 Å². The topological polar surface area (TPSA) is 62.7 Å². The summed E-state index contributed by atoms with van der Waals surface area (Å²) in [4.78, 5) is 15.4. The van der Waals surface area contributed by atoms with E-state index in [1.165, 1.54) is 19.8 Å². The van der Waals surface area contributed by atoms with Crippen molar-refractivity contribution >= 4 is 57.2 Å². The number of hydrogen-bond acceptors (Lipinski definition) is 4. The number of nitrogens with zero attached hydrogens (tertiary/aromatic N) is 1. The fraction of sp³-hybridized carbons (Fsp3) is 0.333. The van der Waals surface area contributed by atoms with Gasteiger partial charge in [0.1, 0.15) is 0 Å². The zero-order valence-corrected chi connectivity index (χ0v) is 14.6. The minimum Gasteiger partial charge on any atom is -0.453 e. The van der Waals surface area contributed by atoms with Crippen LogP contribution in [0.3, 0.4) is 0 Å². The molecule has 1 aliphatic rings. The molecular weight excluding hydrogens is 472 g/mol. The van der Waals surface area contributed by atoms with Crippen LogP contribution in [0.2, 0.25) is 0 Å². The van der Waals surface area contributed by atoms with Crippen LogP contribution in [0.15, 0.2) is 23.2 Å². The van der Waals surface area contributed by atoms with E-state index in [1.54, 1.807) is 0 Å². The van der Waals surface area contributed by atoms with Gasteiger partial charge in [-0.3, -0.25) is 10.3 Å². The molecule has 1 heterocycles. The number of rotatable bonds is 1. The van der Waals surface area contributed by atoms with Crippen LogP contribution in [-0.4, -0.2) is 25.7 Å². The van der Waals surface area contributed by atoms with Crippen LogP contribution in [0.25, 0.3) is 0 Å². The lowest BCUT2D eigenvalue weighted by Crippen LogP contribution is -2.45. The standard InChI is InChI=1S/C12H13I2N3O2/c1-19-12(18)17-11-15-6-5-9(16-11)10-7(13)3-2-4-8(10)14/h2-4,9H,5-6H2,1H3,(H2,15,16,17,18). The van der Waals surface area contributed by atoms with Crippen molar-refractivity contribution in [2.75, 3.05) is 13.7 Å². The molecule has 2 rings (SSSR count). The number of alkyl carbamates (subject to hydrolysis) is 1. The first-order valence-corrected chi connectivity index (χ1v) is 7.87. The Morgan fingerprint density at radius 2 is 2.16 bits per heavy atom. The second-order valence-corrected chi connectivity index (χ2v) is 6.29. The molecule has 0 spiro atoms. The number of nitrogens with one attached hydrogen (secondary N) is 2. The Morgan fingerprint density at radius 1 is 1.47 bits per heavy atom. The van der Waals surface area contributed by atoms with Crippen LogP contribution in [0.1, 0.15) is 18.0 Å². The summed E-state index contributed by atoms with van der Waals surface area (Å²) in [5, 5.41) is 5.83. The van der Waals surface area contributed by atoms with E-state index in [9.17, 15) is 4.79 Å². The molecule has 0 fully saturated rings. The van der Waals surface area contributed by atoms with Gasteiger partial charge in [-0.15, -0.1) is 0 Å². The zero-order valence-electron chi connectivity index (χ0n) is 10.2. The lowest BCUT2D eigenvalue weighted by atomic mass is 10.0. The quantitative estimate of drug-likeness (QED) is 0.602. The van der Waals surface area contributed by atoms with Crippen molar-refractivity contribution in [3.05, 3.63) is 30.9 Å². The molecule has 1 aromatic rings. The average molecular weight is 485 g/mol. The van der Waals surface area contributed by atoms with Gasteiger partial charge in [0.05, 0.1) is 13.2 Å². The van der Waals surface area contributed by atoms with Crippen molar-refractivity contribution in [3.8, 4) is 0 Å². The Balaban J connectivity index is 2.16. The maximum absolute atomic E-state index is 11.2. The summed E-state index contributed by atoms with van der Waals surface area (Å²) in [6, 6.07) is 6.36. The Kier molecular flexibility index (Phi) is 5.25. The molecule has 7 heteroatoms. The van der Waals surface area contributed by atoms with Gasteiger partial charge in [0.2, 0.25) is 5.96 Å². The first kappa shape index (κ1) is 14.8. The maximum Gasteiger partial charge on any atom is 0.413 e. The molecule has 2 N–H and O–H groups in total. The average Bonchev–Trinajstić information content (AvgIpc) is 2.39. The van der Waals surface area contributed by atoms with Crippen LogP contribution in [0.5, 0.6) is 0 Å². The van der Waals surface area contributed by atoms with Gasteiger partial charge in [-0.25, -0.2) is 4.79 Å². The van der Waals surface area contributed by atoms with E-state index in [0.717, 1.165) is 6.42 Å². The number of carbonyl (C=O) groups is 1. The smallest absolute Gasteiger partial charge is 0.413 e. The molecule has 0 aromatic heterocycles.